The number of nitrogens with one attached hydrogen (secondary N) is 1. The van der Waals surface area contributed by atoms with Crippen LogP contribution < -0.4 is 10.1 Å². The fraction of sp³-hybridized carbons (Fsp3) is 0.182. The standard InChI is InChI=1S/C22H18F3N5O2/c1-12-18(14-7-9-17(32-3)10-8-14)20-28-27-19(13(2)30(20)29-12)21(31)26-16-6-4-5-15(11-16)22(23,24)25/h4-11H,1-3H3,(H,26,31). The number of aromatic nitrogens is 4. The van der Waals surface area contributed by atoms with Crippen LogP contribution in [-0.4, -0.2) is 32.8 Å². The predicted octanol–water partition coefficient (Wildman–Crippen LogP) is 4.69. The second-order valence-electron chi connectivity index (χ2n) is 7.09. The van der Waals surface area contributed by atoms with Crippen molar-refractivity contribution >= 4 is 17.2 Å². The first-order valence-electron chi connectivity index (χ1n) is 9.54. The van der Waals surface area contributed by atoms with E-state index in [0.29, 0.717) is 22.8 Å². The molecule has 0 atom stereocenters. The van der Waals surface area contributed by atoms with Gasteiger partial charge in [-0.25, -0.2) is 4.52 Å². The molecule has 2 aromatic heterocycles. The zero-order chi connectivity index (χ0) is 23.0. The molecule has 164 valence electrons. The number of benzene rings is 2. The SMILES string of the molecule is COc1ccc(-c2c(C)nn3c(C)c(C(=O)Nc4cccc(C(F)(F)F)c4)nnc23)cc1. The molecular formula is C22H18F3N5O2. The molecule has 0 radical (unpaired) electrons. The van der Waals surface area contributed by atoms with E-state index < -0.39 is 17.6 Å². The molecule has 10 heteroatoms. The third-order valence-corrected chi connectivity index (χ3v) is 4.98. The number of amides is 1. The molecule has 4 aromatic rings. The summed E-state index contributed by atoms with van der Waals surface area (Å²) in [5.74, 6) is 0.0223. The van der Waals surface area contributed by atoms with E-state index in [9.17, 15) is 18.0 Å². The van der Waals surface area contributed by atoms with Gasteiger partial charge in [0, 0.05) is 5.69 Å². The molecule has 2 heterocycles. The van der Waals surface area contributed by atoms with Crippen LogP contribution in [0, 0.1) is 13.8 Å². The number of anilines is 1. The fourth-order valence-electron chi connectivity index (χ4n) is 3.38. The first-order valence-corrected chi connectivity index (χ1v) is 9.54. The van der Waals surface area contributed by atoms with E-state index in [1.807, 2.05) is 31.2 Å². The highest BCUT2D eigenvalue weighted by Gasteiger charge is 2.30. The summed E-state index contributed by atoms with van der Waals surface area (Å²) in [5.41, 5.74) is 2.26. The minimum atomic E-state index is -4.51. The molecule has 1 amide bonds. The van der Waals surface area contributed by atoms with Gasteiger partial charge in [-0.1, -0.05) is 18.2 Å². The van der Waals surface area contributed by atoms with Crippen LogP contribution in [0.5, 0.6) is 5.75 Å². The van der Waals surface area contributed by atoms with Crippen LogP contribution in [0.2, 0.25) is 0 Å². The van der Waals surface area contributed by atoms with Crippen LogP contribution in [-0.2, 0) is 6.18 Å². The van der Waals surface area contributed by atoms with Crippen molar-refractivity contribution in [2.24, 2.45) is 0 Å². The highest BCUT2D eigenvalue weighted by Crippen LogP contribution is 2.31. The number of ether oxygens (including phenoxy) is 1. The number of rotatable bonds is 4. The molecule has 0 aliphatic carbocycles. The Hall–Kier alpha value is -3.95. The third-order valence-electron chi connectivity index (χ3n) is 4.98. The van der Waals surface area contributed by atoms with Crippen molar-refractivity contribution < 1.29 is 22.7 Å². The van der Waals surface area contributed by atoms with Gasteiger partial charge in [-0.2, -0.15) is 18.3 Å². The van der Waals surface area contributed by atoms with Crippen molar-refractivity contribution in [1.82, 2.24) is 19.8 Å². The Morgan fingerprint density at radius 2 is 1.78 bits per heavy atom. The number of hydrogen-bond donors (Lipinski definition) is 1. The molecule has 4 rings (SSSR count). The second-order valence-corrected chi connectivity index (χ2v) is 7.09. The molecule has 0 unspecified atom stereocenters. The van der Waals surface area contributed by atoms with E-state index >= 15 is 0 Å². The Morgan fingerprint density at radius 1 is 1.06 bits per heavy atom. The lowest BCUT2D eigenvalue weighted by Gasteiger charge is -2.10. The van der Waals surface area contributed by atoms with Gasteiger partial charge in [-0.05, 0) is 49.7 Å². The quantitative estimate of drug-likeness (QED) is 0.497. The van der Waals surface area contributed by atoms with Gasteiger partial charge in [0.1, 0.15) is 5.75 Å². The van der Waals surface area contributed by atoms with Gasteiger partial charge >= 0.3 is 6.18 Å². The van der Waals surface area contributed by atoms with Crippen molar-refractivity contribution in [3.63, 3.8) is 0 Å². The van der Waals surface area contributed by atoms with E-state index in [0.717, 1.165) is 23.3 Å². The molecule has 0 saturated heterocycles. The topological polar surface area (TPSA) is 81.4 Å². The number of nitrogens with zero attached hydrogens (tertiary/aromatic N) is 4. The average molecular weight is 441 g/mol. The molecule has 2 aromatic carbocycles. The Kier molecular flexibility index (Phi) is 5.29. The highest BCUT2D eigenvalue weighted by molar-refractivity contribution is 6.03. The number of carbonyl (C=O) groups is 1. The van der Waals surface area contributed by atoms with Gasteiger partial charge < -0.3 is 10.1 Å². The van der Waals surface area contributed by atoms with Crippen molar-refractivity contribution in [3.8, 4) is 16.9 Å². The van der Waals surface area contributed by atoms with Crippen LogP contribution in [0.1, 0.15) is 27.4 Å². The number of hydrogen-bond acceptors (Lipinski definition) is 5. The van der Waals surface area contributed by atoms with E-state index in [-0.39, 0.29) is 11.4 Å². The Morgan fingerprint density at radius 3 is 2.44 bits per heavy atom. The zero-order valence-electron chi connectivity index (χ0n) is 17.4. The van der Waals surface area contributed by atoms with Crippen molar-refractivity contribution in [2.75, 3.05) is 12.4 Å². The van der Waals surface area contributed by atoms with E-state index in [1.54, 1.807) is 14.0 Å². The maximum atomic E-state index is 12.9. The third kappa shape index (κ3) is 3.86. The summed E-state index contributed by atoms with van der Waals surface area (Å²) in [4.78, 5) is 12.7. The summed E-state index contributed by atoms with van der Waals surface area (Å²) < 4.78 is 45.5. The Balaban J connectivity index is 1.69. The lowest BCUT2D eigenvalue weighted by atomic mass is 10.1. The monoisotopic (exact) mass is 441 g/mol. The van der Waals surface area contributed by atoms with Crippen molar-refractivity contribution in [1.29, 1.82) is 0 Å². The van der Waals surface area contributed by atoms with Crippen LogP contribution in [0.25, 0.3) is 16.8 Å². The summed E-state index contributed by atoms with van der Waals surface area (Å²) in [6, 6.07) is 11.7. The van der Waals surface area contributed by atoms with Gasteiger partial charge in [-0.15, -0.1) is 10.2 Å². The zero-order valence-corrected chi connectivity index (χ0v) is 17.4. The van der Waals surface area contributed by atoms with Crippen LogP contribution in [0.15, 0.2) is 48.5 Å². The summed E-state index contributed by atoms with van der Waals surface area (Å²) in [5, 5.41) is 15.1. The maximum Gasteiger partial charge on any atom is 0.416 e. The van der Waals surface area contributed by atoms with E-state index in [2.05, 4.69) is 20.6 Å². The first kappa shape index (κ1) is 21.3. The Labute approximate surface area is 180 Å². The lowest BCUT2D eigenvalue weighted by molar-refractivity contribution is -0.137. The van der Waals surface area contributed by atoms with Crippen molar-refractivity contribution in [3.05, 3.63) is 71.2 Å². The molecule has 0 aliphatic heterocycles. The molecule has 32 heavy (non-hydrogen) atoms. The number of methoxy groups -OCH3 is 1. The molecule has 0 spiro atoms. The molecular weight excluding hydrogens is 423 g/mol. The van der Waals surface area contributed by atoms with Gasteiger partial charge in [0.15, 0.2) is 11.3 Å². The average Bonchev–Trinajstić information content (AvgIpc) is 3.10. The van der Waals surface area contributed by atoms with Crippen LogP contribution in [0.4, 0.5) is 18.9 Å². The number of halogens is 3. The van der Waals surface area contributed by atoms with Gasteiger partial charge in [0.2, 0.25) is 0 Å². The van der Waals surface area contributed by atoms with E-state index in [1.165, 1.54) is 16.6 Å². The van der Waals surface area contributed by atoms with Crippen LogP contribution >= 0.6 is 0 Å². The smallest absolute Gasteiger partial charge is 0.416 e. The van der Waals surface area contributed by atoms with Crippen molar-refractivity contribution in [2.45, 2.75) is 20.0 Å². The van der Waals surface area contributed by atoms with Crippen LogP contribution in [0.3, 0.4) is 0 Å². The molecule has 0 saturated carbocycles. The van der Waals surface area contributed by atoms with Gasteiger partial charge in [0.05, 0.1) is 29.6 Å². The molecule has 0 bridgehead atoms. The predicted molar refractivity (Wildman–Crippen MR) is 112 cm³/mol. The first-order chi connectivity index (χ1) is 15.2. The van der Waals surface area contributed by atoms with Gasteiger partial charge in [-0.3, -0.25) is 4.79 Å². The maximum absolute atomic E-state index is 12.9. The minimum Gasteiger partial charge on any atom is -0.497 e. The second kappa shape index (κ2) is 7.95. The largest absolute Gasteiger partial charge is 0.497 e. The summed E-state index contributed by atoms with van der Waals surface area (Å²) in [6.07, 6.45) is -4.51. The minimum absolute atomic E-state index is 0.00156. The summed E-state index contributed by atoms with van der Waals surface area (Å²) in [6.45, 7) is 3.46. The normalized spacial score (nSPS) is 11.6. The van der Waals surface area contributed by atoms with Gasteiger partial charge in [0.25, 0.3) is 5.91 Å². The Bertz CT molecular complexity index is 1310. The molecule has 0 aliphatic rings. The molecule has 0 fully saturated rings. The molecule has 1 N–H and O–H groups in total. The summed E-state index contributed by atoms with van der Waals surface area (Å²) in [7, 11) is 1.58. The number of alkyl halides is 3. The summed E-state index contributed by atoms with van der Waals surface area (Å²) >= 11 is 0. The fourth-order valence-corrected chi connectivity index (χ4v) is 3.38. The lowest BCUT2D eigenvalue weighted by Crippen LogP contribution is -2.19. The number of fused-ring (bicyclic) bond motifs is 1. The molecule has 7 nitrogen and oxygen atoms in total. The number of carbonyl (C=O) groups excluding carboxylic acids is 1. The van der Waals surface area contributed by atoms with E-state index in [4.69, 9.17) is 4.74 Å². The highest BCUT2D eigenvalue weighted by atomic mass is 19.4. The number of aryl methyl sites for hydroxylation is 2.